The third kappa shape index (κ3) is 2.70. The van der Waals surface area contributed by atoms with Gasteiger partial charge in [-0.1, -0.05) is 25.6 Å². The Morgan fingerprint density at radius 2 is 2.20 bits per heavy atom. The van der Waals surface area contributed by atoms with Gasteiger partial charge in [0.05, 0.1) is 4.99 Å². The van der Waals surface area contributed by atoms with Crippen molar-refractivity contribution in [2.75, 3.05) is 19.6 Å². The molecule has 2 bridgehead atoms. The number of nitrogens with zero attached hydrogens (tertiary/aromatic N) is 1. The van der Waals surface area contributed by atoms with E-state index < -0.39 is 0 Å². The molecular weight excluding hydrogens is 204 g/mol. The van der Waals surface area contributed by atoms with Gasteiger partial charge in [0.25, 0.3) is 0 Å². The van der Waals surface area contributed by atoms with Crippen LogP contribution in [0, 0.1) is 17.8 Å². The minimum Gasteiger partial charge on any atom is -0.392 e. The summed E-state index contributed by atoms with van der Waals surface area (Å²) in [5.41, 5.74) is 5.61. The molecule has 15 heavy (non-hydrogen) atoms. The quantitative estimate of drug-likeness (QED) is 0.727. The lowest BCUT2D eigenvalue weighted by molar-refractivity contribution is 0.216. The van der Waals surface area contributed by atoms with Gasteiger partial charge in [0.15, 0.2) is 0 Å². The molecular formula is C12H22N2S. The SMILES string of the molecule is CCN(CC(N)=S)CC1CC2CCC1C2. The topological polar surface area (TPSA) is 29.3 Å². The van der Waals surface area contributed by atoms with Crippen LogP contribution in [-0.2, 0) is 0 Å². The minimum atomic E-state index is 0.639. The standard InChI is InChI=1S/C12H22N2S/c1-2-14(8-12(13)15)7-11-6-9-3-4-10(11)5-9/h9-11H,2-8H2,1H3,(H2,13,15). The van der Waals surface area contributed by atoms with Crippen LogP contribution in [0.25, 0.3) is 0 Å². The molecule has 2 N–H and O–H groups in total. The van der Waals surface area contributed by atoms with Crippen molar-refractivity contribution in [3.05, 3.63) is 0 Å². The first-order valence-electron chi connectivity index (χ1n) is 6.19. The molecule has 3 atom stereocenters. The molecule has 0 aromatic carbocycles. The van der Waals surface area contributed by atoms with Crippen LogP contribution in [0.5, 0.6) is 0 Å². The number of likely N-dealkylation sites (N-methyl/N-ethyl adjacent to an activating group) is 1. The van der Waals surface area contributed by atoms with E-state index in [9.17, 15) is 0 Å². The van der Waals surface area contributed by atoms with Gasteiger partial charge < -0.3 is 5.73 Å². The Morgan fingerprint density at radius 1 is 1.40 bits per heavy atom. The fraction of sp³-hybridized carbons (Fsp3) is 0.917. The summed E-state index contributed by atoms with van der Waals surface area (Å²) in [5, 5.41) is 0. The van der Waals surface area contributed by atoms with E-state index in [4.69, 9.17) is 18.0 Å². The predicted molar refractivity (Wildman–Crippen MR) is 67.8 cm³/mol. The van der Waals surface area contributed by atoms with Crippen LogP contribution in [0.4, 0.5) is 0 Å². The molecule has 0 aromatic rings. The lowest BCUT2D eigenvalue weighted by Crippen LogP contribution is -2.37. The second kappa shape index (κ2) is 4.79. The zero-order valence-corrected chi connectivity index (χ0v) is 10.4. The molecule has 0 spiro atoms. The number of nitrogens with two attached hydrogens (primary N) is 1. The van der Waals surface area contributed by atoms with E-state index in [1.165, 1.54) is 32.2 Å². The summed E-state index contributed by atoms with van der Waals surface area (Å²) in [7, 11) is 0. The van der Waals surface area contributed by atoms with Crippen molar-refractivity contribution in [3.8, 4) is 0 Å². The van der Waals surface area contributed by atoms with Gasteiger partial charge >= 0.3 is 0 Å². The first-order chi connectivity index (χ1) is 7.19. The van der Waals surface area contributed by atoms with Gasteiger partial charge in [-0.25, -0.2) is 0 Å². The van der Waals surface area contributed by atoms with Gasteiger partial charge in [0.2, 0.25) is 0 Å². The highest BCUT2D eigenvalue weighted by atomic mass is 32.1. The van der Waals surface area contributed by atoms with Gasteiger partial charge in [-0.05, 0) is 43.6 Å². The monoisotopic (exact) mass is 226 g/mol. The van der Waals surface area contributed by atoms with E-state index >= 15 is 0 Å². The normalized spacial score (nSPS) is 33.9. The molecule has 0 amide bonds. The highest BCUT2D eigenvalue weighted by molar-refractivity contribution is 7.80. The molecule has 0 aliphatic heterocycles. The molecule has 0 aromatic heterocycles. The molecule has 0 saturated heterocycles. The lowest BCUT2D eigenvalue weighted by Gasteiger charge is -2.28. The highest BCUT2D eigenvalue weighted by Crippen LogP contribution is 2.48. The molecule has 2 saturated carbocycles. The van der Waals surface area contributed by atoms with Crippen molar-refractivity contribution in [3.63, 3.8) is 0 Å². The first-order valence-corrected chi connectivity index (χ1v) is 6.60. The number of fused-ring (bicyclic) bond motifs is 2. The number of hydrogen-bond acceptors (Lipinski definition) is 2. The third-order valence-corrected chi connectivity index (χ3v) is 4.33. The summed E-state index contributed by atoms with van der Waals surface area (Å²) in [6, 6.07) is 0. The van der Waals surface area contributed by atoms with Crippen molar-refractivity contribution in [1.29, 1.82) is 0 Å². The van der Waals surface area contributed by atoms with Crippen molar-refractivity contribution in [2.45, 2.75) is 32.6 Å². The maximum Gasteiger partial charge on any atom is 0.0870 e. The second-order valence-corrected chi connectivity index (χ2v) is 5.75. The maximum atomic E-state index is 5.61. The van der Waals surface area contributed by atoms with Crippen LogP contribution in [0.15, 0.2) is 0 Å². The Labute approximate surface area is 98.2 Å². The van der Waals surface area contributed by atoms with Gasteiger partial charge in [0, 0.05) is 13.1 Å². The van der Waals surface area contributed by atoms with Crippen LogP contribution in [-0.4, -0.2) is 29.5 Å². The summed E-state index contributed by atoms with van der Waals surface area (Å²) in [5.74, 6) is 2.98. The van der Waals surface area contributed by atoms with Gasteiger partial charge in [-0.2, -0.15) is 0 Å². The van der Waals surface area contributed by atoms with Crippen LogP contribution in [0.2, 0.25) is 0 Å². The first kappa shape index (κ1) is 11.3. The van der Waals surface area contributed by atoms with E-state index in [1.54, 1.807) is 0 Å². The highest BCUT2D eigenvalue weighted by Gasteiger charge is 2.39. The van der Waals surface area contributed by atoms with E-state index in [1.807, 2.05) is 0 Å². The maximum absolute atomic E-state index is 5.61. The van der Waals surface area contributed by atoms with Crippen molar-refractivity contribution in [2.24, 2.45) is 23.5 Å². The Morgan fingerprint density at radius 3 is 2.67 bits per heavy atom. The molecule has 2 nitrogen and oxygen atoms in total. The summed E-state index contributed by atoms with van der Waals surface area (Å²) >= 11 is 4.98. The van der Waals surface area contributed by atoms with Crippen molar-refractivity contribution in [1.82, 2.24) is 4.90 Å². The second-order valence-electron chi connectivity index (χ2n) is 5.23. The molecule has 86 valence electrons. The van der Waals surface area contributed by atoms with E-state index in [0.717, 1.165) is 30.8 Å². The van der Waals surface area contributed by atoms with E-state index in [0.29, 0.717) is 4.99 Å². The van der Waals surface area contributed by atoms with Crippen LogP contribution >= 0.6 is 12.2 Å². The molecule has 3 heteroatoms. The van der Waals surface area contributed by atoms with Gasteiger partial charge in [-0.15, -0.1) is 0 Å². The molecule has 2 aliphatic rings. The molecule has 2 rings (SSSR count). The van der Waals surface area contributed by atoms with Crippen molar-refractivity contribution >= 4 is 17.2 Å². The lowest BCUT2D eigenvalue weighted by atomic mass is 9.88. The average molecular weight is 226 g/mol. The van der Waals surface area contributed by atoms with Gasteiger partial charge in [0.1, 0.15) is 0 Å². The summed E-state index contributed by atoms with van der Waals surface area (Å²) < 4.78 is 0. The Balaban J connectivity index is 1.82. The Bertz CT molecular complexity index is 242. The third-order valence-electron chi connectivity index (χ3n) is 4.20. The fourth-order valence-corrected chi connectivity index (χ4v) is 3.64. The minimum absolute atomic E-state index is 0.639. The zero-order valence-electron chi connectivity index (χ0n) is 9.61. The van der Waals surface area contributed by atoms with E-state index in [2.05, 4.69) is 11.8 Å². The molecule has 0 heterocycles. The molecule has 2 fully saturated rings. The summed E-state index contributed by atoms with van der Waals surface area (Å²) in [4.78, 5) is 3.05. The van der Waals surface area contributed by atoms with Crippen LogP contribution in [0.3, 0.4) is 0 Å². The number of thiocarbonyl (C=S) groups is 1. The number of hydrogen-bond donors (Lipinski definition) is 1. The van der Waals surface area contributed by atoms with Crippen LogP contribution < -0.4 is 5.73 Å². The summed E-state index contributed by atoms with van der Waals surface area (Å²) in [6.45, 7) is 5.30. The average Bonchev–Trinajstić information content (AvgIpc) is 2.77. The van der Waals surface area contributed by atoms with Gasteiger partial charge in [-0.3, -0.25) is 4.90 Å². The fourth-order valence-electron chi connectivity index (χ4n) is 3.46. The van der Waals surface area contributed by atoms with Crippen LogP contribution in [0.1, 0.15) is 32.6 Å². The molecule has 2 aliphatic carbocycles. The zero-order chi connectivity index (χ0) is 10.8. The van der Waals surface area contributed by atoms with Crippen molar-refractivity contribution < 1.29 is 0 Å². The molecule has 3 unspecified atom stereocenters. The smallest absolute Gasteiger partial charge is 0.0870 e. The predicted octanol–water partition coefficient (Wildman–Crippen LogP) is 2.03. The molecule has 0 radical (unpaired) electrons. The number of rotatable bonds is 5. The Kier molecular flexibility index (Phi) is 3.62. The Hall–Kier alpha value is -0.150. The largest absolute Gasteiger partial charge is 0.392 e. The summed E-state index contributed by atoms with van der Waals surface area (Å²) in [6.07, 6.45) is 5.91. The van der Waals surface area contributed by atoms with E-state index in [-0.39, 0.29) is 0 Å².